The SMILES string of the molecule is O=C(O)CC1CCc2cc(NC(=O)c3ccc(C=NN4CCSCC4)cc3)ccc2C1. The molecular weight excluding hydrogens is 410 g/mol. The molecule has 31 heavy (non-hydrogen) atoms. The summed E-state index contributed by atoms with van der Waals surface area (Å²) in [5.41, 5.74) is 4.73. The molecule has 1 fully saturated rings. The summed E-state index contributed by atoms with van der Waals surface area (Å²) in [7, 11) is 0. The van der Waals surface area contributed by atoms with Crippen LogP contribution in [-0.2, 0) is 17.6 Å². The van der Waals surface area contributed by atoms with Crippen LogP contribution >= 0.6 is 11.8 Å². The lowest BCUT2D eigenvalue weighted by atomic mass is 9.82. The molecule has 6 nitrogen and oxygen atoms in total. The molecule has 0 aromatic heterocycles. The quantitative estimate of drug-likeness (QED) is 0.670. The van der Waals surface area contributed by atoms with Crippen LogP contribution in [0.15, 0.2) is 47.6 Å². The maximum absolute atomic E-state index is 12.7. The fraction of sp³-hybridized carbons (Fsp3) is 0.375. The molecule has 0 saturated carbocycles. The summed E-state index contributed by atoms with van der Waals surface area (Å²) >= 11 is 1.95. The van der Waals surface area contributed by atoms with E-state index in [0.717, 1.165) is 55.1 Å². The standard InChI is InChI=1S/C24H27N3O3S/c28-23(29)14-18-3-6-21-15-22(8-7-20(21)13-18)26-24(30)19-4-1-17(2-5-19)16-25-27-9-11-31-12-10-27/h1-2,4-5,7-8,15-16,18H,3,6,9-14H2,(H,26,30)(H,28,29). The molecule has 2 aromatic rings. The van der Waals surface area contributed by atoms with Gasteiger partial charge in [-0.2, -0.15) is 16.9 Å². The van der Waals surface area contributed by atoms with Gasteiger partial charge in [-0.15, -0.1) is 0 Å². The predicted molar refractivity (Wildman–Crippen MR) is 125 cm³/mol. The smallest absolute Gasteiger partial charge is 0.303 e. The van der Waals surface area contributed by atoms with E-state index in [4.69, 9.17) is 5.11 Å². The van der Waals surface area contributed by atoms with E-state index in [9.17, 15) is 9.59 Å². The van der Waals surface area contributed by atoms with Crippen molar-refractivity contribution in [3.8, 4) is 0 Å². The van der Waals surface area contributed by atoms with Gasteiger partial charge < -0.3 is 10.4 Å². The minimum atomic E-state index is -0.736. The number of benzene rings is 2. The Hall–Kier alpha value is -2.80. The first-order chi connectivity index (χ1) is 15.1. The Balaban J connectivity index is 1.35. The molecule has 1 unspecified atom stereocenters. The van der Waals surface area contributed by atoms with Gasteiger partial charge in [-0.3, -0.25) is 14.6 Å². The number of amides is 1. The van der Waals surface area contributed by atoms with Gasteiger partial charge >= 0.3 is 5.97 Å². The molecule has 1 amide bonds. The van der Waals surface area contributed by atoms with Gasteiger partial charge in [-0.05, 0) is 66.1 Å². The molecule has 4 rings (SSSR count). The molecule has 2 aliphatic rings. The van der Waals surface area contributed by atoms with Gasteiger partial charge in [0.25, 0.3) is 5.91 Å². The summed E-state index contributed by atoms with van der Waals surface area (Å²) in [6.07, 6.45) is 4.57. The Bertz CT molecular complexity index is 969. The number of carbonyl (C=O) groups is 2. The van der Waals surface area contributed by atoms with Gasteiger partial charge in [-0.1, -0.05) is 18.2 Å². The number of rotatable bonds is 6. The molecule has 0 spiro atoms. The highest BCUT2D eigenvalue weighted by Crippen LogP contribution is 2.29. The van der Waals surface area contributed by atoms with Crippen LogP contribution < -0.4 is 5.32 Å². The first-order valence-corrected chi connectivity index (χ1v) is 11.8. The first-order valence-electron chi connectivity index (χ1n) is 10.7. The van der Waals surface area contributed by atoms with Crippen molar-refractivity contribution < 1.29 is 14.7 Å². The Morgan fingerprint density at radius 3 is 2.65 bits per heavy atom. The van der Waals surface area contributed by atoms with Crippen molar-refractivity contribution in [1.82, 2.24) is 5.01 Å². The number of hydrogen-bond acceptors (Lipinski definition) is 5. The topological polar surface area (TPSA) is 82.0 Å². The summed E-state index contributed by atoms with van der Waals surface area (Å²) in [6, 6.07) is 13.4. The van der Waals surface area contributed by atoms with Crippen LogP contribution in [0.25, 0.3) is 0 Å². The zero-order valence-electron chi connectivity index (χ0n) is 17.4. The Morgan fingerprint density at radius 2 is 1.90 bits per heavy atom. The van der Waals surface area contributed by atoms with Crippen LogP contribution in [-0.4, -0.2) is 52.8 Å². The number of aryl methyl sites for hydroxylation is 1. The number of hydrazone groups is 1. The number of carboxylic acid groups (broad SMARTS) is 1. The monoisotopic (exact) mass is 437 g/mol. The molecular formula is C24H27N3O3S. The zero-order chi connectivity index (χ0) is 21.6. The van der Waals surface area contributed by atoms with E-state index in [1.54, 1.807) is 0 Å². The van der Waals surface area contributed by atoms with E-state index >= 15 is 0 Å². The number of anilines is 1. The maximum atomic E-state index is 12.7. The lowest BCUT2D eigenvalue weighted by Crippen LogP contribution is -2.27. The number of nitrogens with zero attached hydrogens (tertiary/aromatic N) is 2. The second kappa shape index (κ2) is 10.0. The summed E-state index contributed by atoms with van der Waals surface area (Å²) in [4.78, 5) is 23.6. The van der Waals surface area contributed by atoms with Crippen LogP contribution in [0.3, 0.4) is 0 Å². The van der Waals surface area contributed by atoms with E-state index in [1.165, 1.54) is 11.1 Å². The molecule has 7 heteroatoms. The molecule has 0 radical (unpaired) electrons. The summed E-state index contributed by atoms with van der Waals surface area (Å²) in [6.45, 7) is 1.95. The van der Waals surface area contributed by atoms with Crippen LogP contribution in [0.1, 0.15) is 39.9 Å². The molecule has 1 heterocycles. The van der Waals surface area contributed by atoms with Gasteiger partial charge in [0, 0.05) is 42.3 Å². The third kappa shape index (κ3) is 5.88. The second-order valence-electron chi connectivity index (χ2n) is 8.08. The van der Waals surface area contributed by atoms with Crippen molar-refractivity contribution in [2.75, 3.05) is 29.9 Å². The predicted octanol–water partition coefficient (Wildman–Crippen LogP) is 3.90. The lowest BCUT2D eigenvalue weighted by molar-refractivity contribution is -0.138. The highest BCUT2D eigenvalue weighted by atomic mass is 32.2. The second-order valence-corrected chi connectivity index (χ2v) is 9.30. The number of carboxylic acids is 1. The zero-order valence-corrected chi connectivity index (χ0v) is 18.2. The van der Waals surface area contributed by atoms with E-state index in [-0.39, 0.29) is 18.2 Å². The van der Waals surface area contributed by atoms with E-state index in [0.29, 0.717) is 5.56 Å². The van der Waals surface area contributed by atoms with Gasteiger partial charge in [0.15, 0.2) is 0 Å². The fourth-order valence-corrected chi connectivity index (χ4v) is 4.95. The molecule has 1 aliphatic heterocycles. The third-order valence-corrected chi connectivity index (χ3v) is 6.73. The Labute approximate surface area is 186 Å². The van der Waals surface area contributed by atoms with Crippen molar-refractivity contribution >= 4 is 35.5 Å². The lowest BCUT2D eigenvalue weighted by Gasteiger charge is -2.24. The van der Waals surface area contributed by atoms with Crippen LogP contribution in [0.5, 0.6) is 0 Å². The molecule has 2 aromatic carbocycles. The summed E-state index contributed by atoms with van der Waals surface area (Å²) < 4.78 is 0. The highest BCUT2D eigenvalue weighted by molar-refractivity contribution is 7.99. The highest BCUT2D eigenvalue weighted by Gasteiger charge is 2.21. The Morgan fingerprint density at radius 1 is 1.13 bits per heavy atom. The van der Waals surface area contributed by atoms with E-state index < -0.39 is 5.97 Å². The van der Waals surface area contributed by atoms with E-state index in [1.807, 2.05) is 60.4 Å². The average molecular weight is 438 g/mol. The molecule has 1 atom stereocenters. The minimum absolute atomic E-state index is 0.143. The third-order valence-electron chi connectivity index (χ3n) is 5.79. The summed E-state index contributed by atoms with van der Waals surface area (Å²) in [5.74, 6) is 1.54. The van der Waals surface area contributed by atoms with Crippen molar-refractivity contribution in [2.45, 2.75) is 25.7 Å². The number of thioether (sulfide) groups is 1. The molecule has 0 bridgehead atoms. The van der Waals surface area contributed by atoms with Crippen LogP contribution in [0.4, 0.5) is 5.69 Å². The van der Waals surface area contributed by atoms with Gasteiger partial charge in [-0.25, -0.2) is 0 Å². The van der Waals surface area contributed by atoms with Crippen molar-refractivity contribution in [2.24, 2.45) is 11.0 Å². The van der Waals surface area contributed by atoms with Crippen molar-refractivity contribution in [1.29, 1.82) is 0 Å². The van der Waals surface area contributed by atoms with Crippen molar-refractivity contribution in [3.63, 3.8) is 0 Å². The largest absolute Gasteiger partial charge is 0.481 e. The maximum Gasteiger partial charge on any atom is 0.303 e. The first kappa shape index (κ1) is 21.4. The molecule has 162 valence electrons. The molecule has 1 aliphatic carbocycles. The molecule has 2 N–H and O–H groups in total. The van der Waals surface area contributed by atoms with E-state index in [2.05, 4.69) is 15.4 Å². The van der Waals surface area contributed by atoms with Crippen LogP contribution in [0.2, 0.25) is 0 Å². The number of carbonyl (C=O) groups excluding carboxylic acids is 1. The average Bonchev–Trinajstić information content (AvgIpc) is 2.78. The summed E-state index contributed by atoms with van der Waals surface area (Å²) in [5, 5.41) is 18.6. The molecule has 1 saturated heterocycles. The normalized spacial score (nSPS) is 18.6. The number of hydrogen-bond donors (Lipinski definition) is 2. The van der Waals surface area contributed by atoms with Gasteiger partial charge in [0.2, 0.25) is 0 Å². The number of fused-ring (bicyclic) bond motifs is 1. The van der Waals surface area contributed by atoms with Gasteiger partial charge in [0.1, 0.15) is 0 Å². The van der Waals surface area contributed by atoms with Crippen molar-refractivity contribution in [3.05, 3.63) is 64.7 Å². The van der Waals surface area contributed by atoms with Crippen LogP contribution in [0, 0.1) is 5.92 Å². The Kier molecular flexibility index (Phi) is 6.92. The number of nitrogens with one attached hydrogen (secondary N) is 1. The number of aliphatic carboxylic acids is 1. The minimum Gasteiger partial charge on any atom is -0.481 e. The van der Waals surface area contributed by atoms with Gasteiger partial charge in [0.05, 0.1) is 6.21 Å². The fourth-order valence-electron chi connectivity index (χ4n) is 4.07.